The van der Waals surface area contributed by atoms with Crippen molar-refractivity contribution in [1.29, 1.82) is 0 Å². The van der Waals surface area contributed by atoms with Crippen molar-refractivity contribution in [3.8, 4) is 0 Å². The summed E-state index contributed by atoms with van der Waals surface area (Å²) in [6.07, 6.45) is 1.60. The average Bonchev–Trinajstić information content (AvgIpc) is 2.66. The van der Waals surface area contributed by atoms with Crippen LogP contribution in [-0.2, 0) is 14.8 Å². The Bertz CT molecular complexity index is 1090. The minimum absolute atomic E-state index is 0.0626. The summed E-state index contributed by atoms with van der Waals surface area (Å²) in [7, 11) is -3.24. The molecule has 0 atom stereocenters. The van der Waals surface area contributed by atoms with Gasteiger partial charge in [-0.1, -0.05) is 36.4 Å². The predicted octanol–water partition coefficient (Wildman–Crippen LogP) is 4.43. The van der Waals surface area contributed by atoms with Crippen molar-refractivity contribution in [3.63, 3.8) is 0 Å². The molecule has 3 aromatic carbocycles. The molecule has 3 rings (SSSR count). The van der Waals surface area contributed by atoms with E-state index in [-0.39, 0.29) is 5.91 Å². The van der Waals surface area contributed by atoms with Gasteiger partial charge in [-0.2, -0.15) is 0 Å². The van der Waals surface area contributed by atoms with E-state index in [0.717, 1.165) is 21.8 Å². The van der Waals surface area contributed by atoms with Gasteiger partial charge in [-0.15, -0.1) is 0 Å². The first-order valence-corrected chi connectivity index (χ1v) is 11.1. The van der Waals surface area contributed by atoms with Crippen LogP contribution in [-0.4, -0.2) is 26.1 Å². The first-order chi connectivity index (χ1) is 13.4. The van der Waals surface area contributed by atoms with Gasteiger partial charge >= 0.3 is 0 Å². The number of benzene rings is 3. The summed E-state index contributed by atoms with van der Waals surface area (Å²) in [4.78, 5) is 12.3. The van der Waals surface area contributed by atoms with Crippen molar-refractivity contribution in [1.82, 2.24) is 4.72 Å². The third kappa shape index (κ3) is 4.88. The number of carbonyl (C=O) groups excluding carboxylic acids is 1. The first-order valence-electron chi connectivity index (χ1n) is 9.57. The zero-order chi connectivity index (χ0) is 20.1. The molecule has 0 aromatic heterocycles. The van der Waals surface area contributed by atoms with Crippen molar-refractivity contribution >= 4 is 43.2 Å². The number of nitrogens with one attached hydrogen (secondary N) is 2. The van der Waals surface area contributed by atoms with E-state index < -0.39 is 15.3 Å². The Morgan fingerprint density at radius 1 is 0.929 bits per heavy atom. The highest BCUT2D eigenvalue weighted by Crippen LogP contribution is 2.28. The van der Waals surface area contributed by atoms with Gasteiger partial charge in [0.15, 0.2) is 0 Å². The Morgan fingerprint density at radius 2 is 1.61 bits per heavy atom. The fourth-order valence-electron chi connectivity index (χ4n) is 3.08. The van der Waals surface area contributed by atoms with Gasteiger partial charge in [0.05, 0.1) is 5.25 Å². The van der Waals surface area contributed by atoms with E-state index in [1.807, 2.05) is 30.3 Å². The number of rotatable bonds is 8. The molecular weight excluding hydrogens is 372 g/mol. The van der Waals surface area contributed by atoms with Crippen LogP contribution in [0.25, 0.3) is 21.5 Å². The molecule has 1 amide bonds. The maximum absolute atomic E-state index is 12.3. The molecule has 0 saturated carbocycles. The van der Waals surface area contributed by atoms with Crippen LogP contribution in [0.4, 0.5) is 5.69 Å². The van der Waals surface area contributed by atoms with Crippen molar-refractivity contribution in [2.45, 2.75) is 38.4 Å². The van der Waals surface area contributed by atoms with E-state index in [1.54, 1.807) is 13.8 Å². The van der Waals surface area contributed by atoms with Crippen LogP contribution in [0.2, 0.25) is 0 Å². The first kappa shape index (κ1) is 20.3. The number of carbonyl (C=O) groups is 1. The zero-order valence-electron chi connectivity index (χ0n) is 16.2. The summed E-state index contributed by atoms with van der Waals surface area (Å²) in [6.45, 7) is 3.64. The van der Waals surface area contributed by atoms with E-state index in [2.05, 4.69) is 34.3 Å². The maximum Gasteiger partial charge on any atom is 0.224 e. The number of sulfonamides is 1. The summed E-state index contributed by atoms with van der Waals surface area (Å²) in [6, 6.07) is 18.3. The lowest BCUT2D eigenvalue weighted by molar-refractivity contribution is -0.116. The summed E-state index contributed by atoms with van der Waals surface area (Å²) in [5.41, 5.74) is 0.800. The molecule has 28 heavy (non-hydrogen) atoms. The lowest BCUT2D eigenvalue weighted by atomic mass is 10.0. The van der Waals surface area contributed by atoms with Crippen molar-refractivity contribution < 1.29 is 13.2 Å². The highest BCUT2D eigenvalue weighted by atomic mass is 32.2. The molecule has 2 N–H and O–H groups in total. The van der Waals surface area contributed by atoms with Crippen LogP contribution in [0.3, 0.4) is 0 Å². The van der Waals surface area contributed by atoms with Gasteiger partial charge in [0.25, 0.3) is 0 Å². The van der Waals surface area contributed by atoms with Gasteiger partial charge in [-0.3, -0.25) is 4.79 Å². The van der Waals surface area contributed by atoms with Gasteiger partial charge in [-0.05, 0) is 61.0 Å². The van der Waals surface area contributed by atoms with E-state index in [1.165, 1.54) is 5.39 Å². The minimum Gasteiger partial charge on any atom is -0.326 e. The van der Waals surface area contributed by atoms with E-state index in [4.69, 9.17) is 0 Å². The van der Waals surface area contributed by atoms with E-state index in [0.29, 0.717) is 25.8 Å². The molecule has 3 aromatic rings. The molecule has 0 aliphatic carbocycles. The maximum atomic E-state index is 12.3. The molecule has 148 valence electrons. The summed E-state index contributed by atoms with van der Waals surface area (Å²) in [5, 5.41) is 6.95. The normalized spacial score (nSPS) is 12.0. The average molecular weight is 399 g/mol. The molecule has 6 heteroatoms. The standard InChI is InChI=1S/C22H26N2O3S/c1-16(2)28(26,27)23-13-6-5-12-22(25)24-21-11-7-10-19-14-17-8-3-4-9-18(17)15-20(19)21/h3-4,7-11,14-16,23H,5-6,12-13H2,1-2H3,(H,24,25). The Balaban J connectivity index is 1.60. The molecule has 0 radical (unpaired) electrons. The summed E-state index contributed by atoms with van der Waals surface area (Å²) >= 11 is 0. The number of hydrogen-bond donors (Lipinski definition) is 2. The minimum atomic E-state index is -3.24. The smallest absolute Gasteiger partial charge is 0.224 e. The molecule has 0 bridgehead atoms. The predicted molar refractivity (Wildman–Crippen MR) is 116 cm³/mol. The summed E-state index contributed by atoms with van der Waals surface area (Å²) < 4.78 is 26.0. The Hall–Kier alpha value is -2.44. The lowest BCUT2D eigenvalue weighted by Crippen LogP contribution is -2.31. The lowest BCUT2D eigenvalue weighted by Gasteiger charge is -2.11. The van der Waals surface area contributed by atoms with Crippen LogP contribution >= 0.6 is 0 Å². The molecule has 0 aliphatic heterocycles. The number of fused-ring (bicyclic) bond motifs is 2. The van der Waals surface area contributed by atoms with Crippen molar-refractivity contribution in [2.24, 2.45) is 0 Å². The highest BCUT2D eigenvalue weighted by molar-refractivity contribution is 7.90. The van der Waals surface area contributed by atoms with E-state index >= 15 is 0 Å². The van der Waals surface area contributed by atoms with E-state index in [9.17, 15) is 13.2 Å². The number of hydrogen-bond acceptors (Lipinski definition) is 3. The molecular formula is C22H26N2O3S. The number of anilines is 1. The van der Waals surface area contributed by atoms with Crippen LogP contribution in [0.1, 0.15) is 33.1 Å². The van der Waals surface area contributed by atoms with Crippen LogP contribution in [0.15, 0.2) is 54.6 Å². The highest BCUT2D eigenvalue weighted by Gasteiger charge is 2.14. The molecule has 0 saturated heterocycles. The number of amides is 1. The molecule has 5 nitrogen and oxygen atoms in total. The largest absolute Gasteiger partial charge is 0.326 e. The topological polar surface area (TPSA) is 75.3 Å². The van der Waals surface area contributed by atoms with Crippen molar-refractivity contribution in [2.75, 3.05) is 11.9 Å². The summed E-state index contributed by atoms with van der Waals surface area (Å²) in [5.74, 6) is -0.0626. The molecule has 0 aliphatic rings. The van der Waals surface area contributed by atoms with Crippen LogP contribution in [0, 0.1) is 0 Å². The second-order valence-electron chi connectivity index (χ2n) is 7.22. The third-order valence-corrected chi connectivity index (χ3v) is 6.62. The Morgan fingerprint density at radius 3 is 2.32 bits per heavy atom. The van der Waals surface area contributed by atoms with Gasteiger partial charge in [0, 0.05) is 24.0 Å². The van der Waals surface area contributed by atoms with Gasteiger partial charge in [0.2, 0.25) is 15.9 Å². The Kier molecular flexibility index (Phi) is 6.31. The second-order valence-corrected chi connectivity index (χ2v) is 9.54. The monoisotopic (exact) mass is 398 g/mol. The van der Waals surface area contributed by atoms with Gasteiger partial charge in [0.1, 0.15) is 0 Å². The van der Waals surface area contributed by atoms with Crippen LogP contribution < -0.4 is 10.0 Å². The van der Waals surface area contributed by atoms with Gasteiger partial charge < -0.3 is 5.32 Å². The fraction of sp³-hybridized carbons (Fsp3) is 0.318. The van der Waals surface area contributed by atoms with Gasteiger partial charge in [-0.25, -0.2) is 13.1 Å². The molecule has 0 fully saturated rings. The van der Waals surface area contributed by atoms with Crippen LogP contribution in [0.5, 0.6) is 0 Å². The number of unbranched alkanes of at least 4 members (excludes halogenated alkanes) is 1. The third-order valence-electron chi connectivity index (χ3n) is 4.78. The fourth-order valence-corrected chi connectivity index (χ4v) is 3.84. The molecule has 0 spiro atoms. The Labute approximate surface area is 166 Å². The second kappa shape index (κ2) is 8.71. The molecule has 0 heterocycles. The molecule has 0 unspecified atom stereocenters. The van der Waals surface area contributed by atoms with Crippen molar-refractivity contribution in [3.05, 3.63) is 54.6 Å². The quantitative estimate of drug-likeness (QED) is 0.435. The zero-order valence-corrected chi connectivity index (χ0v) is 17.1. The SMILES string of the molecule is CC(C)S(=O)(=O)NCCCCC(=O)Nc1cccc2cc3ccccc3cc12.